The molecule has 3 rings (SSSR count). The lowest BCUT2D eigenvalue weighted by Crippen LogP contribution is -2.13. The molecule has 1 nitrogen and oxygen atoms in total. The summed E-state index contributed by atoms with van der Waals surface area (Å²) in [6.45, 7) is 4.34. The lowest BCUT2D eigenvalue weighted by molar-refractivity contribution is 0.0980. The number of hydrogen-bond donors (Lipinski definition) is 0. The highest BCUT2D eigenvalue weighted by atomic mass is 19.1. The van der Waals surface area contributed by atoms with Crippen molar-refractivity contribution in [1.29, 1.82) is 0 Å². The predicted octanol–water partition coefficient (Wildman–Crippen LogP) is 7.94. The van der Waals surface area contributed by atoms with Crippen LogP contribution in [0.5, 0.6) is 0 Å². The van der Waals surface area contributed by atoms with E-state index < -0.39 is 0 Å². The lowest BCUT2D eigenvalue weighted by Gasteiger charge is -2.28. The zero-order chi connectivity index (χ0) is 19.9. The van der Waals surface area contributed by atoms with Crippen molar-refractivity contribution in [3.63, 3.8) is 0 Å². The van der Waals surface area contributed by atoms with Gasteiger partial charge in [0.15, 0.2) is 5.78 Å². The SMILES string of the molecule is CCCCC(=O)c1ccc(-c2ccc(C3CCC(CCC)CC3)cc2F)cc1. The predicted molar refractivity (Wildman–Crippen MR) is 115 cm³/mol. The van der Waals surface area contributed by atoms with Gasteiger partial charge in [0.1, 0.15) is 5.82 Å². The summed E-state index contributed by atoms with van der Waals surface area (Å²) in [5.41, 5.74) is 3.32. The number of rotatable bonds is 8. The molecule has 0 bridgehead atoms. The summed E-state index contributed by atoms with van der Waals surface area (Å²) in [4.78, 5) is 12.1. The van der Waals surface area contributed by atoms with Crippen molar-refractivity contribution in [3.05, 3.63) is 59.4 Å². The van der Waals surface area contributed by atoms with E-state index in [2.05, 4.69) is 19.9 Å². The highest BCUT2D eigenvalue weighted by Gasteiger charge is 2.22. The minimum atomic E-state index is -0.154. The molecule has 0 saturated heterocycles. The molecule has 2 heteroatoms. The van der Waals surface area contributed by atoms with Crippen LogP contribution in [0.3, 0.4) is 0 Å². The Morgan fingerprint density at radius 3 is 2.29 bits per heavy atom. The molecule has 0 unspecified atom stereocenters. The Bertz CT molecular complexity index is 770. The fourth-order valence-electron chi connectivity index (χ4n) is 4.53. The molecule has 0 aliphatic heterocycles. The zero-order valence-corrected chi connectivity index (χ0v) is 17.3. The Hall–Kier alpha value is -1.96. The number of Topliss-reactive ketones (excluding diaryl/α,β-unsaturated/α-hetero) is 1. The molecule has 1 fully saturated rings. The normalized spacial score (nSPS) is 19.5. The van der Waals surface area contributed by atoms with Gasteiger partial charge in [0.2, 0.25) is 0 Å². The largest absolute Gasteiger partial charge is 0.294 e. The van der Waals surface area contributed by atoms with Gasteiger partial charge in [-0.2, -0.15) is 0 Å². The number of hydrogen-bond acceptors (Lipinski definition) is 1. The minimum Gasteiger partial charge on any atom is -0.294 e. The van der Waals surface area contributed by atoms with Gasteiger partial charge in [-0.15, -0.1) is 0 Å². The topological polar surface area (TPSA) is 17.1 Å². The van der Waals surface area contributed by atoms with E-state index in [0.717, 1.165) is 35.4 Å². The van der Waals surface area contributed by atoms with Crippen molar-refractivity contribution in [2.45, 2.75) is 77.6 Å². The van der Waals surface area contributed by atoms with Gasteiger partial charge in [-0.25, -0.2) is 4.39 Å². The van der Waals surface area contributed by atoms with Crippen LogP contribution in [0.4, 0.5) is 4.39 Å². The molecule has 28 heavy (non-hydrogen) atoms. The van der Waals surface area contributed by atoms with Crippen LogP contribution in [0.1, 0.15) is 93.5 Å². The smallest absolute Gasteiger partial charge is 0.162 e. The first-order chi connectivity index (χ1) is 13.6. The summed E-state index contributed by atoms with van der Waals surface area (Å²) in [5, 5.41) is 0. The quantitative estimate of drug-likeness (QED) is 0.425. The fourth-order valence-corrected chi connectivity index (χ4v) is 4.53. The van der Waals surface area contributed by atoms with Crippen molar-refractivity contribution in [2.24, 2.45) is 5.92 Å². The van der Waals surface area contributed by atoms with Crippen LogP contribution in [-0.2, 0) is 0 Å². The first-order valence-corrected chi connectivity index (χ1v) is 11.1. The van der Waals surface area contributed by atoms with Crippen LogP contribution < -0.4 is 0 Å². The number of ketones is 1. The molecule has 2 aromatic carbocycles. The third kappa shape index (κ3) is 5.10. The van der Waals surface area contributed by atoms with E-state index in [1.165, 1.54) is 38.5 Å². The maximum absolute atomic E-state index is 14.8. The van der Waals surface area contributed by atoms with Gasteiger partial charge >= 0.3 is 0 Å². The van der Waals surface area contributed by atoms with E-state index >= 15 is 0 Å². The van der Waals surface area contributed by atoms with Crippen LogP contribution >= 0.6 is 0 Å². The summed E-state index contributed by atoms with van der Waals surface area (Å²) in [5.74, 6) is 1.38. The average molecular weight is 381 g/mol. The Kier molecular flexibility index (Phi) is 7.42. The van der Waals surface area contributed by atoms with Crippen LogP contribution in [0.15, 0.2) is 42.5 Å². The molecule has 0 atom stereocenters. The third-order valence-electron chi connectivity index (χ3n) is 6.28. The van der Waals surface area contributed by atoms with E-state index in [9.17, 15) is 9.18 Å². The number of carbonyl (C=O) groups excluding carboxylic acids is 1. The summed E-state index contributed by atoms with van der Waals surface area (Å²) in [6.07, 6.45) is 10.0. The number of carbonyl (C=O) groups is 1. The molecule has 0 aromatic heterocycles. The molecule has 2 aromatic rings. The highest BCUT2D eigenvalue weighted by Crippen LogP contribution is 2.38. The monoisotopic (exact) mass is 380 g/mol. The molecule has 150 valence electrons. The van der Waals surface area contributed by atoms with Crippen molar-refractivity contribution in [3.8, 4) is 11.1 Å². The Balaban J connectivity index is 1.68. The first kappa shape index (κ1) is 20.8. The van der Waals surface area contributed by atoms with Gasteiger partial charge in [0.25, 0.3) is 0 Å². The minimum absolute atomic E-state index is 0.154. The summed E-state index contributed by atoms with van der Waals surface area (Å²) >= 11 is 0. The second-order valence-corrected chi connectivity index (χ2v) is 8.35. The van der Waals surface area contributed by atoms with Crippen LogP contribution in [0, 0.1) is 11.7 Å². The Morgan fingerprint density at radius 2 is 1.68 bits per heavy atom. The van der Waals surface area contributed by atoms with Crippen molar-refractivity contribution in [1.82, 2.24) is 0 Å². The zero-order valence-electron chi connectivity index (χ0n) is 17.3. The fraction of sp³-hybridized carbons (Fsp3) is 0.500. The van der Waals surface area contributed by atoms with Crippen LogP contribution in [-0.4, -0.2) is 5.78 Å². The maximum Gasteiger partial charge on any atom is 0.162 e. The maximum atomic E-state index is 14.8. The van der Waals surface area contributed by atoms with Gasteiger partial charge in [-0.1, -0.05) is 69.5 Å². The summed E-state index contributed by atoms with van der Waals surface area (Å²) in [7, 11) is 0. The summed E-state index contributed by atoms with van der Waals surface area (Å²) < 4.78 is 14.8. The second-order valence-electron chi connectivity index (χ2n) is 8.35. The molecule has 0 N–H and O–H groups in total. The number of unbranched alkanes of at least 4 members (excludes halogenated alkanes) is 1. The van der Waals surface area contributed by atoms with Gasteiger partial charge in [0, 0.05) is 17.5 Å². The number of halogens is 1. The van der Waals surface area contributed by atoms with Gasteiger partial charge < -0.3 is 0 Å². The molecular formula is C26H33FO. The van der Waals surface area contributed by atoms with Crippen molar-refractivity contribution < 1.29 is 9.18 Å². The van der Waals surface area contributed by atoms with Gasteiger partial charge in [-0.05, 0) is 61.1 Å². The van der Waals surface area contributed by atoms with Gasteiger partial charge in [0.05, 0.1) is 0 Å². The van der Waals surface area contributed by atoms with Crippen molar-refractivity contribution in [2.75, 3.05) is 0 Å². The van der Waals surface area contributed by atoms with Crippen molar-refractivity contribution >= 4 is 5.78 Å². The molecule has 0 spiro atoms. The first-order valence-electron chi connectivity index (χ1n) is 11.1. The van der Waals surface area contributed by atoms with E-state index in [0.29, 0.717) is 17.9 Å². The molecule has 1 aliphatic carbocycles. The van der Waals surface area contributed by atoms with E-state index in [4.69, 9.17) is 0 Å². The van der Waals surface area contributed by atoms with E-state index in [1.807, 2.05) is 30.3 Å². The Morgan fingerprint density at radius 1 is 0.964 bits per heavy atom. The summed E-state index contributed by atoms with van der Waals surface area (Å²) in [6, 6.07) is 13.1. The molecule has 0 amide bonds. The average Bonchev–Trinajstić information content (AvgIpc) is 2.73. The van der Waals surface area contributed by atoms with Gasteiger partial charge in [-0.3, -0.25) is 4.79 Å². The lowest BCUT2D eigenvalue weighted by atomic mass is 9.77. The highest BCUT2D eigenvalue weighted by molar-refractivity contribution is 5.96. The van der Waals surface area contributed by atoms with Crippen LogP contribution in [0.2, 0.25) is 0 Å². The molecule has 1 aliphatic rings. The molecular weight excluding hydrogens is 347 g/mol. The standard InChI is InChI=1S/C26H33FO/c1-3-5-7-26(28)22-14-12-21(13-15-22)24-17-16-23(18-25(24)27)20-10-8-19(6-4-2)9-11-20/h12-20H,3-11H2,1-2H3. The van der Waals surface area contributed by atoms with Crippen LogP contribution in [0.25, 0.3) is 11.1 Å². The molecule has 0 radical (unpaired) electrons. The van der Waals surface area contributed by atoms with E-state index in [1.54, 1.807) is 6.07 Å². The second kappa shape index (κ2) is 10.0. The number of benzene rings is 2. The molecule has 1 saturated carbocycles. The molecule has 0 heterocycles. The Labute approximate surface area is 169 Å². The van der Waals surface area contributed by atoms with E-state index in [-0.39, 0.29) is 11.6 Å². The third-order valence-corrected chi connectivity index (χ3v) is 6.28.